The molecule has 2 bridgehead atoms. The molecule has 0 radical (unpaired) electrons. The van der Waals surface area contributed by atoms with Gasteiger partial charge in [0.1, 0.15) is 6.54 Å². The summed E-state index contributed by atoms with van der Waals surface area (Å²) in [5, 5.41) is 2.90. The summed E-state index contributed by atoms with van der Waals surface area (Å²) >= 11 is 5.95. The van der Waals surface area contributed by atoms with Crippen LogP contribution in [0.5, 0.6) is 0 Å². The molecular weight excluding hydrogens is 372 g/mol. The van der Waals surface area contributed by atoms with Gasteiger partial charge in [-0.25, -0.2) is 0 Å². The van der Waals surface area contributed by atoms with Crippen LogP contribution >= 0.6 is 11.6 Å². The number of nitrogens with one attached hydrogen (secondary N) is 1. The minimum absolute atomic E-state index is 0.263. The molecule has 1 heterocycles. The fourth-order valence-electron chi connectivity index (χ4n) is 4.70. The second-order valence-electron chi connectivity index (χ2n) is 7.34. The number of rotatable bonds is 5. The van der Waals surface area contributed by atoms with E-state index in [9.17, 15) is 19.2 Å². The lowest BCUT2D eigenvalue weighted by Gasteiger charge is -2.19. The maximum Gasteiger partial charge on any atom is 0.326 e. The van der Waals surface area contributed by atoms with Crippen LogP contribution in [0.25, 0.3) is 0 Å². The standard InChI is InChI=1S/C19H19ClN2O5/c20-12-3-1-2-4-13(12)21-14(23)9-27-15(24)8-22-18(25)16-10-5-6-11(7-10)17(16)19(22)26/h1-4,10-11,16-17H,5-9H2,(H,21,23)/t10-,11-,16-,17+/m1/s1. The second-order valence-corrected chi connectivity index (χ2v) is 7.74. The molecule has 0 aromatic heterocycles. The molecular formula is C19H19ClN2O5. The molecule has 3 fully saturated rings. The van der Waals surface area contributed by atoms with Crippen molar-refractivity contribution in [3.63, 3.8) is 0 Å². The lowest BCUT2D eigenvalue weighted by molar-refractivity contribution is -0.154. The zero-order valence-corrected chi connectivity index (χ0v) is 15.3. The highest BCUT2D eigenvalue weighted by molar-refractivity contribution is 6.33. The van der Waals surface area contributed by atoms with E-state index in [-0.39, 0.29) is 35.5 Å². The Labute approximate surface area is 161 Å². The Hall–Kier alpha value is -2.41. The van der Waals surface area contributed by atoms with Gasteiger partial charge < -0.3 is 10.1 Å². The molecule has 4 rings (SSSR count). The van der Waals surface area contributed by atoms with E-state index in [1.807, 2.05) is 0 Å². The van der Waals surface area contributed by atoms with Crippen LogP contribution in [0.1, 0.15) is 19.3 Å². The van der Waals surface area contributed by atoms with Crippen LogP contribution in [0.2, 0.25) is 5.02 Å². The van der Waals surface area contributed by atoms with Crippen molar-refractivity contribution in [1.29, 1.82) is 0 Å². The molecule has 1 aromatic rings. The Kier molecular flexibility index (Phi) is 4.63. The zero-order valence-electron chi connectivity index (χ0n) is 14.5. The largest absolute Gasteiger partial charge is 0.454 e. The maximum absolute atomic E-state index is 12.5. The van der Waals surface area contributed by atoms with Crippen LogP contribution in [-0.4, -0.2) is 41.7 Å². The number of carbonyl (C=O) groups is 4. The Morgan fingerprint density at radius 3 is 2.37 bits per heavy atom. The van der Waals surface area contributed by atoms with E-state index in [0.717, 1.165) is 24.2 Å². The molecule has 7 nitrogen and oxygen atoms in total. The van der Waals surface area contributed by atoms with Crippen LogP contribution in [0.15, 0.2) is 24.3 Å². The lowest BCUT2D eigenvalue weighted by atomic mass is 9.81. The van der Waals surface area contributed by atoms with Crippen LogP contribution in [0, 0.1) is 23.7 Å². The van der Waals surface area contributed by atoms with Gasteiger partial charge in [-0.05, 0) is 43.2 Å². The van der Waals surface area contributed by atoms with Crippen molar-refractivity contribution in [1.82, 2.24) is 4.90 Å². The maximum atomic E-state index is 12.5. The molecule has 4 atom stereocenters. The third-order valence-corrected chi connectivity index (χ3v) is 6.15. The van der Waals surface area contributed by atoms with E-state index >= 15 is 0 Å². The van der Waals surface area contributed by atoms with Crippen molar-refractivity contribution in [3.8, 4) is 0 Å². The van der Waals surface area contributed by atoms with E-state index < -0.39 is 25.0 Å². The van der Waals surface area contributed by atoms with Crippen molar-refractivity contribution in [2.75, 3.05) is 18.5 Å². The van der Waals surface area contributed by atoms with Gasteiger partial charge in [0, 0.05) is 0 Å². The van der Waals surface area contributed by atoms with Gasteiger partial charge in [-0.2, -0.15) is 0 Å². The summed E-state index contributed by atoms with van der Waals surface area (Å²) in [5.41, 5.74) is 0.411. The van der Waals surface area contributed by atoms with Gasteiger partial charge in [0.25, 0.3) is 5.91 Å². The number of para-hydroxylation sites is 1. The topological polar surface area (TPSA) is 92.8 Å². The number of hydrogen-bond acceptors (Lipinski definition) is 5. The molecule has 0 spiro atoms. The molecule has 27 heavy (non-hydrogen) atoms. The zero-order chi connectivity index (χ0) is 19.1. The number of halogens is 1. The normalized spacial score (nSPS) is 28.4. The number of benzene rings is 1. The highest BCUT2D eigenvalue weighted by Gasteiger charge is 2.61. The first-order valence-electron chi connectivity index (χ1n) is 9.01. The average Bonchev–Trinajstić information content (AvgIpc) is 3.32. The fourth-order valence-corrected chi connectivity index (χ4v) is 4.88. The van der Waals surface area contributed by atoms with Crippen molar-refractivity contribution in [2.45, 2.75) is 19.3 Å². The minimum Gasteiger partial charge on any atom is -0.454 e. The van der Waals surface area contributed by atoms with Crippen molar-refractivity contribution < 1.29 is 23.9 Å². The monoisotopic (exact) mass is 390 g/mol. The molecule has 1 saturated heterocycles. The fraction of sp³-hybridized carbons (Fsp3) is 0.474. The van der Waals surface area contributed by atoms with E-state index in [1.54, 1.807) is 24.3 Å². The van der Waals surface area contributed by atoms with Crippen LogP contribution in [-0.2, 0) is 23.9 Å². The summed E-state index contributed by atoms with van der Waals surface area (Å²) in [4.78, 5) is 50.0. The number of nitrogens with zero attached hydrogens (tertiary/aromatic N) is 1. The first-order chi connectivity index (χ1) is 13.0. The summed E-state index contributed by atoms with van der Waals surface area (Å²) in [5.74, 6) is -1.88. The number of amides is 3. The van der Waals surface area contributed by atoms with Gasteiger partial charge in [-0.15, -0.1) is 0 Å². The first-order valence-corrected chi connectivity index (χ1v) is 9.38. The number of hydrogen-bond donors (Lipinski definition) is 1. The Morgan fingerprint density at radius 1 is 1.11 bits per heavy atom. The van der Waals surface area contributed by atoms with Gasteiger partial charge in [-0.1, -0.05) is 23.7 Å². The molecule has 2 saturated carbocycles. The Morgan fingerprint density at radius 2 is 1.74 bits per heavy atom. The van der Waals surface area contributed by atoms with E-state index in [1.165, 1.54) is 0 Å². The molecule has 3 amide bonds. The number of carbonyl (C=O) groups excluding carboxylic acids is 4. The van der Waals surface area contributed by atoms with Gasteiger partial charge >= 0.3 is 5.97 Å². The number of anilines is 1. The van der Waals surface area contributed by atoms with E-state index in [0.29, 0.717) is 10.7 Å². The number of ether oxygens (including phenoxy) is 1. The number of esters is 1. The van der Waals surface area contributed by atoms with Crippen LogP contribution in [0.4, 0.5) is 5.69 Å². The number of imide groups is 1. The third-order valence-electron chi connectivity index (χ3n) is 5.82. The van der Waals surface area contributed by atoms with Crippen molar-refractivity contribution >= 4 is 41.0 Å². The highest BCUT2D eigenvalue weighted by Crippen LogP contribution is 2.56. The Balaban J connectivity index is 1.30. The highest BCUT2D eigenvalue weighted by atomic mass is 35.5. The molecule has 1 N–H and O–H groups in total. The molecule has 8 heteroatoms. The molecule has 0 unspecified atom stereocenters. The lowest BCUT2D eigenvalue weighted by Crippen LogP contribution is -2.38. The summed E-state index contributed by atoms with van der Waals surface area (Å²) < 4.78 is 4.93. The first kappa shape index (κ1) is 18.0. The van der Waals surface area contributed by atoms with Crippen LogP contribution < -0.4 is 5.32 Å². The number of fused-ring (bicyclic) bond motifs is 5. The van der Waals surface area contributed by atoms with Gasteiger partial charge in [0.15, 0.2) is 6.61 Å². The molecule has 2 aliphatic carbocycles. The van der Waals surface area contributed by atoms with Crippen LogP contribution in [0.3, 0.4) is 0 Å². The molecule has 1 aromatic carbocycles. The van der Waals surface area contributed by atoms with E-state index in [2.05, 4.69) is 5.32 Å². The average molecular weight is 391 g/mol. The third kappa shape index (κ3) is 3.20. The van der Waals surface area contributed by atoms with Crippen molar-refractivity contribution in [3.05, 3.63) is 29.3 Å². The van der Waals surface area contributed by atoms with Gasteiger partial charge in [0.2, 0.25) is 11.8 Å². The summed E-state index contributed by atoms with van der Waals surface area (Å²) in [6.45, 7) is -0.956. The SMILES string of the molecule is O=C(COC(=O)CN1C(=O)[C@@H]2[C@@H]3CC[C@H](C3)[C@@H]2C1=O)Nc1ccccc1Cl. The summed E-state index contributed by atoms with van der Waals surface area (Å²) in [7, 11) is 0. The second kappa shape index (κ2) is 6.96. The predicted molar refractivity (Wildman–Crippen MR) is 95.6 cm³/mol. The number of likely N-dealkylation sites (tertiary alicyclic amines) is 1. The minimum atomic E-state index is -0.779. The van der Waals surface area contributed by atoms with Gasteiger partial charge in [0.05, 0.1) is 22.5 Å². The predicted octanol–water partition coefficient (Wildman–Crippen LogP) is 1.85. The molecule has 142 valence electrons. The summed E-state index contributed by atoms with van der Waals surface area (Å²) in [6, 6.07) is 6.68. The quantitative estimate of drug-likeness (QED) is 0.611. The summed E-state index contributed by atoms with van der Waals surface area (Å²) in [6.07, 6.45) is 2.89. The van der Waals surface area contributed by atoms with Gasteiger partial charge in [-0.3, -0.25) is 24.1 Å². The van der Waals surface area contributed by atoms with E-state index in [4.69, 9.17) is 16.3 Å². The molecule has 3 aliphatic rings. The van der Waals surface area contributed by atoms with Crippen molar-refractivity contribution in [2.24, 2.45) is 23.7 Å². The Bertz CT molecular complexity index is 798. The smallest absolute Gasteiger partial charge is 0.326 e. The molecule has 1 aliphatic heterocycles.